The number of methoxy groups -OCH3 is 1. The average molecular weight is 287 g/mol. The average Bonchev–Trinajstić information content (AvgIpc) is 2.45. The molecule has 4 nitrogen and oxygen atoms in total. The molecule has 1 rings (SSSR count). The molecule has 0 aliphatic heterocycles. The fraction of sp³-hybridized carbons (Fsp3) is 1.00. The molecular weight excluding hydrogens is 254 g/mol. The summed E-state index contributed by atoms with van der Waals surface area (Å²) in [6, 6.07) is 0. The Balaban J connectivity index is 2.11. The van der Waals surface area contributed by atoms with Gasteiger partial charge in [0.1, 0.15) is 0 Å². The third-order valence-electron chi connectivity index (χ3n) is 4.19. The fourth-order valence-corrected chi connectivity index (χ4v) is 2.99. The van der Waals surface area contributed by atoms with Gasteiger partial charge in [0, 0.05) is 20.3 Å². The number of hydrogen-bond acceptors (Lipinski definition) is 4. The van der Waals surface area contributed by atoms with E-state index in [0.29, 0.717) is 31.1 Å². The highest BCUT2D eigenvalue weighted by molar-refractivity contribution is 4.75. The van der Waals surface area contributed by atoms with Crippen molar-refractivity contribution in [3.05, 3.63) is 0 Å². The van der Waals surface area contributed by atoms with Crippen LogP contribution in [0.4, 0.5) is 0 Å². The second-order valence-corrected chi connectivity index (χ2v) is 6.20. The van der Waals surface area contributed by atoms with Crippen LogP contribution >= 0.6 is 0 Å². The summed E-state index contributed by atoms with van der Waals surface area (Å²) in [7, 11) is 1.72. The standard InChI is InChI=1S/C16H33NO3/c1-4-14-7-5-6-8-16(14)20-12-15(18)10-17-9-13(2)11-19-3/h13-18H,4-12H2,1-3H3. The van der Waals surface area contributed by atoms with Gasteiger partial charge in [-0.05, 0) is 31.2 Å². The zero-order chi connectivity index (χ0) is 14.8. The minimum atomic E-state index is -0.413. The molecule has 1 aliphatic rings. The van der Waals surface area contributed by atoms with E-state index in [1.165, 1.54) is 25.7 Å². The quantitative estimate of drug-likeness (QED) is 0.647. The first kappa shape index (κ1) is 17.9. The fourth-order valence-electron chi connectivity index (χ4n) is 2.99. The van der Waals surface area contributed by atoms with Crippen LogP contribution < -0.4 is 5.32 Å². The van der Waals surface area contributed by atoms with Crippen molar-refractivity contribution in [1.29, 1.82) is 0 Å². The van der Waals surface area contributed by atoms with Crippen molar-refractivity contribution in [1.82, 2.24) is 5.32 Å². The summed E-state index contributed by atoms with van der Waals surface area (Å²) in [4.78, 5) is 0. The predicted octanol–water partition coefficient (Wildman–Crippen LogP) is 2.20. The van der Waals surface area contributed by atoms with Gasteiger partial charge in [-0.2, -0.15) is 0 Å². The van der Waals surface area contributed by atoms with Gasteiger partial charge in [-0.25, -0.2) is 0 Å². The van der Waals surface area contributed by atoms with E-state index in [2.05, 4.69) is 19.2 Å². The summed E-state index contributed by atoms with van der Waals surface area (Å²) in [5.74, 6) is 1.15. The minimum absolute atomic E-state index is 0.357. The molecule has 0 spiro atoms. The van der Waals surface area contributed by atoms with E-state index >= 15 is 0 Å². The SMILES string of the molecule is CCC1CCCCC1OCC(O)CNCC(C)COC. The molecule has 0 amide bonds. The van der Waals surface area contributed by atoms with E-state index in [4.69, 9.17) is 9.47 Å². The topological polar surface area (TPSA) is 50.7 Å². The van der Waals surface area contributed by atoms with Gasteiger partial charge in [0.25, 0.3) is 0 Å². The van der Waals surface area contributed by atoms with Crippen LogP contribution in [0.25, 0.3) is 0 Å². The van der Waals surface area contributed by atoms with Crippen molar-refractivity contribution < 1.29 is 14.6 Å². The largest absolute Gasteiger partial charge is 0.389 e. The number of aliphatic hydroxyl groups excluding tert-OH is 1. The van der Waals surface area contributed by atoms with Crippen molar-refractivity contribution >= 4 is 0 Å². The van der Waals surface area contributed by atoms with Crippen LogP contribution in [0.1, 0.15) is 46.0 Å². The van der Waals surface area contributed by atoms with Crippen LogP contribution in [0, 0.1) is 11.8 Å². The van der Waals surface area contributed by atoms with Crippen molar-refractivity contribution in [2.24, 2.45) is 11.8 Å². The van der Waals surface area contributed by atoms with E-state index in [9.17, 15) is 5.11 Å². The molecule has 1 fully saturated rings. The molecule has 0 aromatic rings. The maximum Gasteiger partial charge on any atom is 0.0897 e. The van der Waals surface area contributed by atoms with Gasteiger partial charge < -0.3 is 19.9 Å². The normalized spacial score (nSPS) is 26.4. The third kappa shape index (κ3) is 7.02. The van der Waals surface area contributed by atoms with Gasteiger partial charge in [-0.1, -0.05) is 33.1 Å². The Morgan fingerprint density at radius 3 is 2.65 bits per heavy atom. The molecule has 0 aromatic heterocycles. The molecule has 120 valence electrons. The lowest BCUT2D eigenvalue weighted by molar-refractivity contribution is -0.0500. The van der Waals surface area contributed by atoms with Crippen molar-refractivity contribution in [2.75, 3.05) is 33.4 Å². The Morgan fingerprint density at radius 1 is 1.20 bits per heavy atom. The van der Waals surface area contributed by atoms with Gasteiger partial charge in [-0.15, -0.1) is 0 Å². The van der Waals surface area contributed by atoms with Gasteiger partial charge in [-0.3, -0.25) is 0 Å². The predicted molar refractivity (Wildman–Crippen MR) is 81.9 cm³/mol. The third-order valence-corrected chi connectivity index (χ3v) is 4.19. The minimum Gasteiger partial charge on any atom is -0.389 e. The molecule has 0 bridgehead atoms. The van der Waals surface area contributed by atoms with Crippen LogP contribution in [0.3, 0.4) is 0 Å². The maximum atomic E-state index is 9.96. The molecule has 0 heterocycles. The second kappa shape index (κ2) is 10.6. The molecule has 4 heteroatoms. The zero-order valence-corrected chi connectivity index (χ0v) is 13.4. The van der Waals surface area contributed by atoms with Crippen LogP contribution in [-0.2, 0) is 9.47 Å². The van der Waals surface area contributed by atoms with Gasteiger partial charge in [0.15, 0.2) is 0 Å². The van der Waals surface area contributed by atoms with Gasteiger partial charge in [0.2, 0.25) is 0 Å². The van der Waals surface area contributed by atoms with Crippen molar-refractivity contribution in [3.8, 4) is 0 Å². The molecule has 4 unspecified atom stereocenters. The molecule has 4 atom stereocenters. The zero-order valence-electron chi connectivity index (χ0n) is 13.4. The Hall–Kier alpha value is -0.160. The van der Waals surface area contributed by atoms with Gasteiger partial charge in [0.05, 0.1) is 18.8 Å². The highest BCUT2D eigenvalue weighted by Crippen LogP contribution is 2.29. The van der Waals surface area contributed by atoms with Gasteiger partial charge >= 0.3 is 0 Å². The summed E-state index contributed by atoms with van der Waals surface area (Å²) in [5.41, 5.74) is 0. The van der Waals surface area contributed by atoms with Crippen LogP contribution in [0.5, 0.6) is 0 Å². The van der Waals surface area contributed by atoms with Crippen LogP contribution in [0.2, 0.25) is 0 Å². The second-order valence-electron chi connectivity index (χ2n) is 6.20. The lowest BCUT2D eigenvalue weighted by atomic mass is 9.85. The highest BCUT2D eigenvalue weighted by atomic mass is 16.5. The summed E-state index contributed by atoms with van der Waals surface area (Å²) in [6.07, 6.45) is 6.17. The number of aliphatic hydroxyl groups is 1. The molecule has 1 saturated carbocycles. The lowest BCUT2D eigenvalue weighted by Crippen LogP contribution is -2.36. The molecule has 0 aromatic carbocycles. The highest BCUT2D eigenvalue weighted by Gasteiger charge is 2.24. The van der Waals surface area contributed by atoms with E-state index in [-0.39, 0.29) is 0 Å². The first-order valence-electron chi connectivity index (χ1n) is 8.16. The number of hydrogen-bond donors (Lipinski definition) is 2. The Bertz CT molecular complexity index is 238. The number of ether oxygens (including phenoxy) is 2. The maximum absolute atomic E-state index is 9.96. The first-order chi connectivity index (χ1) is 9.67. The smallest absolute Gasteiger partial charge is 0.0897 e. The molecule has 1 aliphatic carbocycles. The Kier molecular flexibility index (Phi) is 9.44. The molecule has 20 heavy (non-hydrogen) atoms. The summed E-state index contributed by atoms with van der Waals surface area (Å²) in [5, 5.41) is 13.2. The Labute approximate surface area is 124 Å². The van der Waals surface area contributed by atoms with E-state index in [1.54, 1.807) is 7.11 Å². The van der Waals surface area contributed by atoms with Crippen LogP contribution in [0.15, 0.2) is 0 Å². The summed E-state index contributed by atoms with van der Waals surface area (Å²) >= 11 is 0. The molecular formula is C16H33NO3. The Morgan fingerprint density at radius 2 is 1.95 bits per heavy atom. The van der Waals surface area contributed by atoms with E-state index in [1.807, 2.05) is 0 Å². The lowest BCUT2D eigenvalue weighted by Gasteiger charge is -2.31. The van der Waals surface area contributed by atoms with Crippen molar-refractivity contribution in [3.63, 3.8) is 0 Å². The summed E-state index contributed by atoms with van der Waals surface area (Å²) in [6.45, 7) is 7.03. The van der Waals surface area contributed by atoms with E-state index < -0.39 is 6.10 Å². The number of rotatable bonds is 10. The van der Waals surface area contributed by atoms with E-state index in [0.717, 1.165) is 19.6 Å². The monoisotopic (exact) mass is 287 g/mol. The summed E-state index contributed by atoms with van der Waals surface area (Å²) < 4.78 is 11.0. The molecule has 0 radical (unpaired) electrons. The number of nitrogens with one attached hydrogen (secondary N) is 1. The van der Waals surface area contributed by atoms with Crippen molar-refractivity contribution in [2.45, 2.75) is 58.2 Å². The van der Waals surface area contributed by atoms with Crippen LogP contribution in [-0.4, -0.2) is 50.7 Å². The molecule has 2 N–H and O–H groups in total. The first-order valence-corrected chi connectivity index (χ1v) is 8.16. The molecule has 0 saturated heterocycles.